The summed E-state index contributed by atoms with van der Waals surface area (Å²) in [5.74, 6) is -0.318. The van der Waals surface area contributed by atoms with Crippen LogP contribution in [0.3, 0.4) is 0 Å². The van der Waals surface area contributed by atoms with Crippen molar-refractivity contribution in [1.82, 2.24) is 0 Å². The van der Waals surface area contributed by atoms with Crippen molar-refractivity contribution in [3.05, 3.63) is 63.1 Å². The molecule has 19 heavy (non-hydrogen) atoms. The Hall–Kier alpha value is -1.83. The van der Waals surface area contributed by atoms with Gasteiger partial charge in [-0.05, 0) is 46.3 Å². The molecule has 2 aromatic carbocycles. The van der Waals surface area contributed by atoms with Crippen molar-refractivity contribution in [2.24, 2.45) is 0 Å². The molecular formula is C14H8BrClN2O. The van der Waals surface area contributed by atoms with E-state index in [0.29, 0.717) is 26.3 Å². The first-order chi connectivity index (χ1) is 9.11. The molecule has 5 heteroatoms. The van der Waals surface area contributed by atoms with Crippen molar-refractivity contribution in [3.63, 3.8) is 0 Å². The fraction of sp³-hybridized carbons (Fsp3) is 0. The zero-order chi connectivity index (χ0) is 13.8. The highest BCUT2D eigenvalue weighted by molar-refractivity contribution is 9.10. The van der Waals surface area contributed by atoms with Crippen LogP contribution in [0.25, 0.3) is 0 Å². The predicted octanol–water partition coefficient (Wildman–Crippen LogP) is 4.23. The predicted molar refractivity (Wildman–Crippen MR) is 78.3 cm³/mol. The van der Waals surface area contributed by atoms with Crippen molar-refractivity contribution in [2.75, 3.05) is 5.32 Å². The van der Waals surface area contributed by atoms with Gasteiger partial charge in [0.1, 0.15) is 0 Å². The number of hydrogen-bond acceptors (Lipinski definition) is 2. The number of nitrogens with zero attached hydrogens (tertiary/aromatic N) is 1. The second-order valence-electron chi connectivity index (χ2n) is 3.75. The first kappa shape index (κ1) is 13.6. The van der Waals surface area contributed by atoms with Gasteiger partial charge in [0, 0.05) is 10.2 Å². The van der Waals surface area contributed by atoms with E-state index in [-0.39, 0.29) is 5.91 Å². The Balaban J connectivity index is 2.26. The second-order valence-corrected chi connectivity index (χ2v) is 4.98. The maximum atomic E-state index is 12.1. The van der Waals surface area contributed by atoms with E-state index in [2.05, 4.69) is 21.2 Å². The molecule has 0 saturated heterocycles. The Labute approximate surface area is 123 Å². The molecule has 0 radical (unpaired) electrons. The molecule has 1 amide bonds. The summed E-state index contributed by atoms with van der Waals surface area (Å²) >= 11 is 9.32. The highest BCUT2D eigenvalue weighted by atomic mass is 79.9. The Kier molecular flexibility index (Phi) is 4.20. The third-order valence-corrected chi connectivity index (χ3v) is 3.74. The molecule has 0 fully saturated rings. The molecule has 0 aliphatic carbocycles. The molecule has 0 atom stereocenters. The van der Waals surface area contributed by atoms with Crippen LogP contribution in [0, 0.1) is 11.3 Å². The molecule has 0 aliphatic heterocycles. The van der Waals surface area contributed by atoms with Gasteiger partial charge in [0.05, 0.1) is 22.2 Å². The first-order valence-corrected chi connectivity index (χ1v) is 6.54. The molecule has 0 aliphatic rings. The van der Waals surface area contributed by atoms with E-state index < -0.39 is 0 Å². The van der Waals surface area contributed by atoms with Gasteiger partial charge in [0.25, 0.3) is 5.91 Å². The van der Waals surface area contributed by atoms with E-state index in [1.54, 1.807) is 42.5 Å². The average Bonchev–Trinajstić information content (AvgIpc) is 2.42. The van der Waals surface area contributed by atoms with Crippen LogP contribution < -0.4 is 5.32 Å². The summed E-state index contributed by atoms with van der Waals surface area (Å²) in [5, 5.41) is 11.9. The molecule has 2 rings (SSSR count). The van der Waals surface area contributed by atoms with Crippen molar-refractivity contribution in [2.45, 2.75) is 0 Å². The van der Waals surface area contributed by atoms with Gasteiger partial charge < -0.3 is 5.32 Å². The van der Waals surface area contributed by atoms with E-state index in [1.807, 2.05) is 6.07 Å². The highest BCUT2D eigenvalue weighted by Crippen LogP contribution is 2.26. The van der Waals surface area contributed by atoms with Crippen LogP contribution in [0.15, 0.2) is 46.9 Å². The van der Waals surface area contributed by atoms with Gasteiger partial charge >= 0.3 is 0 Å². The Morgan fingerprint density at radius 3 is 2.74 bits per heavy atom. The van der Waals surface area contributed by atoms with Crippen LogP contribution in [0.4, 0.5) is 5.69 Å². The number of benzene rings is 2. The van der Waals surface area contributed by atoms with Crippen LogP contribution in [0.5, 0.6) is 0 Å². The minimum Gasteiger partial charge on any atom is -0.322 e. The molecule has 0 aromatic heterocycles. The smallest absolute Gasteiger partial charge is 0.257 e. The van der Waals surface area contributed by atoms with Gasteiger partial charge in [-0.25, -0.2) is 0 Å². The van der Waals surface area contributed by atoms with E-state index in [4.69, 9.17) is 16.9 Å². The zero-order valence-corrected chi connectivity index (χ0v) is 12.0. The lowest BCUT2D eigenvalue weighted by atomic mass is 10.2. The summed E-state index contributed by atoms with van der Waals surface area (Å²) < 4.78 is 0.660. The van der Waals surface area contributed by atoms with E-state index in [0.717, 1.165) is 0 Å². The quantitative estimate of drug-likeness (QED) is 0.893. The van der Waals surface area contributed by atoms with Crippen LogP contribution in [-0.2, 0) is 0 Å². The SMILES string of the molecule is N#Cc1cccc(NC(=O)c2cccc(Br)c2Cl)c1. The molecule has 0 unspecified atom stereocenters. The highest BCUT2D eigenvalue weighted by Gasteiger charge is 2.12. The summed E-state index contributed by atoms with van der Waals surface area (Å²) in [4.78, 5) is 12.1. The molecule has 0 saturated carbocycles. The average molecular weight is 336 g/mol. The number of nitrogens with one attached hydrogen (secondary N) is 1. The maximum absolute atomic E-state index is 12.1. The van der Waals surface area contributed by atoms with Gasteiger partial charge in [-0.2, -0.15) is 5.26 Å². The molecule has 0 spiro atoms. The summed E-state index contributed by atoms with van der Waals surface area (Å²) in [5.41, 5.74) is 1.41. The molecule has 0 heterocycles. The number of carbonyl (C=O) groups is 1. The maximum Gasteiger partial charge on any atom is 0.257 e. The summed E-state index contributed by atoms with van der Waals surface area (Å²) in [6, 6.07) is 13.8. The standard InChI is InChI=1S/C14H8BrClN2O/c15-12-6-2-5-11(13(12)16)14(19)18-10-4-1-3-9(7-10)8-17/h1-7H,(H,18,19). The molecule has 0 bridgehead atoms. The van der Waals surface area contributed by atoms with E-state index >= 15 is 0 Å². The lowest BCUT2D eigenvalue weighted by Crippen LogP contribution is -2.12. The number of anilines is 1. The number of rotatable bonds is 2. The minimum absolute atomic E-state index is 0.318. The van der Waals surface area contributed by atoms with Crippen molar-refractivity contribution < 1.29 is 4.79 Å². The summed E-state index contributed by atoms with van der Waals surface area (Å²) in [6.45, 7) is 0. The minimum atomic E-state index is -0.318. The van der Waals surface area contributed by atoms with Crippen LogP contribution >= 0.6 is 27.5 Å². The number of amides is 1. The third kappa shape index (κ3) is 3.14. The molecule has 3 nitrogen and oxygen atoms in total. The van der Waals surface area contributed by atoms with E-state index in [9.17, 15) is 4.79 Å². The fourth-order valence-corrected chi connectivity index (χ4v) is 2.12. The van der Waals surface area contributed by atoms with Crippen LogP contribution in [-0.4, -0.2) is 5.91 Å². The summed E-state index contributed by atoms with van der Waals surface area (Å²) in [7, 11) is 0. The van der Waals surface area contributed by atoms with Gasteiger partial charge in [0.15, 0.2) is 0 Å². The normalized spacial score (nSPS) is 9.74. The number of hydrogen-bond donors (Lipinski definition) is 1. The van der Waals surface area contributed by atoms with Gasteiger partial charge in [-0.15, -0.1) is 0 Å². The monoisotopic (exact) mass is 334 g/mol. The topological polar surface area (TPSA) is 52.9 Å². The second kappa shape index (κ2) is 5.87. The molecular weight excluding hydrogens is 328 g/mol. The van der Waals surface area contributed by atoms with Crippen molar-refractivity contribution in [3.8, 4) is 6.07 Å². The molecule has 1 N–H and O–H groups in total. The van der Waals surface area contributed by atoms with Gasteiger partial charge in [0.2, 0.25) is 0 Å². The van der Waals surface area contributed by atoms with E-state index in [1.165, 1.54) is 0 Å². The van der Waals surface area contributed by atoms with Crippen LogP contribution in [0.2, 0.25) is 5.02 Å². The number of nitriles is 1. The zero-order valence-electron chi connectivity index (χ0n) is 9.65. The number of carbonyl (C=O) groups excluding carboxylic acids is 1. The van der Waals surface area contributed by atoms with Crippen molar-refractivity contribution >= 4 is 39.1 Å². The lowest BCUT2D eigenvalue weighted by molar-refractivity contribution is 0.102. The fourth-order valence-electron chi connectivity index (χ4n) is 1.54. The Morgan fingerprint density at radius 2 is 2.00 bits per heavy atom. The van der Waals surface area contributed by atoms with Crippen LogP contribution in [0.1, 0.15) is 15.9 Å². The third-order valence-electron chi connectivity index (χ3n) is 2.45. The Bertz CT molecular complexity index is 679. The first-order valence-electron chi connectivity index (χ1n) is 5.37. The number of halogens is 2. The lowest BCUT2D eigenvalue weighted by Gasteiger charge is -2.07. The molecule has 94 valence electrons. The molecule has 2 aromatic rings. The van der Waals surface area contributed by atoms with Crippen molar-refractivity contribution in [1.29, 1.82) is 5.26 Å². The Morgan fingerprint density at radius 1 is 1.26 bits per heavy atom. The largest absolute Gasteiger partial charge is 0.322 e. The van der Waals surface area contributed by atoms with Gasteiger partial charge in [-0.1, -0.05) is 23.7 Å². The van der Waals surface area contributed by atoms with Gasteiger partial charge in [-0.3, -0.25) is 4.79 Å². The summed E-state index contributed by atoms with van der Waals surface area (Å²) in [6.07, 6.45) is 0.